The third-order valence-electron chi connectivity index (χ3n) is 3.31. The highest BCUT2D eigenvalue weighted by Gasteiger charge is 2.27. The van der Waals surface area contributed by atoms with Gasteiger partial charge in [-0.15, -0.1) is 0 Å². The molecular formula is C13H18BrNO3S. The van der Waals surface area contributed by atoms with Crippen molar-refractivity contribution in [3.63, 3.8) is 0 Å². The van der Waals surface area contributed by atoms with Crippen molar-refractivity contribution in [3.8, 4) is 5.75 Å². The molecule has 1 aliphatic rings. The van der Waals surface area contributed by atoms with E-state index in [2.05, 4.69) is 21.2 Å². The van der Waals surface area contributed by atoms with E-state index < -0.39 is 9.84 Å². The van der Waals surface area contributed by atoms with Gasteiger partial charge in [0.2, 0.25) is 0 Å². The topological polar surface area (TPSA) is 55.4 Å². The largest absolute Gasteiger partial charge is 0.496 e. The highest BCUT2D eigenvalue weighted by Crippen LogP contribution is 2.25. The Balaban J connectivity index is 1.81. The van der Waals surface area contributed by atoms with Crippen molar-refractivity contribution in [1.82, 2.24) is 5.32 Å². The third-order valence-corrected chi connectivity index (χ3v) is 5.76. The average molecular weight is 348 g/mol. The highest BCUT2D eigenvalue weighted by atomic mass is 79.9. The van der Waals surface area contributed by atoms with Crippen LogP contribution < -0.4 is 10.1 Å². The van der Waals surface area contributed by atoms with Gasteiger partial charge in [0.1, 0.15) is 5.75 Å². The van der Waals surface area contributed by atoms with E-state index in [9.17, 15) is 8.42 Å². The Morgan fingerprint density at radius 1 is 1.47 bits per heavy atom. The van der Waals surface area contributed by atoms with Crippen LogP contribution in [0.25, 0.3) is 0 Å². The summed E-state index contributed by atoms with van der Waals surface area (Å²) in [5.74, 6) is 1.73. The summed E-state index contributed by atoms with van der Waals surface area (Å²) >= 11 is 3.45. The Hall–Kier alpha value is -0.590. The molecule has 106 valence electrons. The van der Waals surface area contributed by atoms with Gasteiger partial charge < -0.3 is 10.1 Å². The van der Waals surface area contributed by atoms with Crippen molar-refractivity contribution in [2.24, 2.45) is 5.92 Å². The molecule has 0 amide bonds. The lowest BCUT2D eigenvalue weighted by Crippen LogP contribution is -2.23. The van der Waals surface area contributed by atoms with Gasteiger partial charge in [0.05, 0.1) is 23.1 Å². The number of rotatable bonds is 5. The van der Waals surface area contributed by atoms with Crippen LogP contribution in [0, 0.1) is 5.92 Å². The number of methoxy groups -OCH3 is 1. The molecule has 1 aromatic rings. The minimum absolute atomic E-state index is 0.256. The first-order valence-electron chi connectivity index (χ1n) is 6.24. The van der Waals surface area contributed by atoms with E-state index in [0.29, 0.717) is 11.5 Å². The number of halogens is 1. The van der Waals surface area contributed by atoms with Crippen molar-refractivity contribution in [2.75, 3.05) is 25.2 Å². The van der Waals surface area contributed by atoms with Gasteiger partial charge in [0, 0.05) is 6.54 Å². The van der Waals surface area contributed by atoms with E-state index in [1.54, 1.807) is 7.11 Å². The number of ether oxygens (including phenoxy) is 1. The lowest BCUT2D eigenvalue weighted by Gasteiger charge is -2.10. The maximum atomic E-state index is 11.3. The summed E-state index contributed by atoms with van der Waals surface area (Å²) in [6.07, 6.45) is 0.779. The molecule has 2 rings (SSSR count). The lowest BCUT2D eigenvalue weighted by molar-refractivity contribution is 0.412. The molecule has 1 N–H and O–H groups in total. The van der Waals surface area contributed by atoms with Crippen LogP contribution in [0.3, 0.4) is 0 Å². The second-order valence-corrected chi connectivity index (χ2v) is 7.95. The van der Waals surface area contributed by atoms with Gasteiger partial charge in [-0.25, -0.2) is 8.42 Å². The zero-order valence-electron chi connectivity index (χ0n) is 10.9. The summed E-state index contributed by atoms with van der Waals surface area (Å²) < 4.78 is 28.8. The zero-order chi connectivity index (χ0) is 13.9. The van der Waals surface area contributed by atoms with Gasteiger partial charge in [0.25, 0.3) is 0 Å². The molecule has 1 unspecified atom stereocenters. The van der Waals surface area contributed by atoms with Crippen molar-refractivity contribution in [1.29, 1.82) is 0 Å². The number of benzene rings is 1. The molecule has 1 aliphatic heterocycles. The van der Waals surface area contributed by atoms with Gasteiger partial charge in [-0.3, -0.25) is 0 Å². The van der Waals surface area contributed by atoms with E-state index in [1.165, 1.54) is 0 Å². The Morgan fingerprint density at radius 2 is 2.26 bits per heavy atom. The van der Waals surface area contributed by atoms with Crippen LogP contribution in [0.2, 0.25) is 0 Å². The van der Waals surface area contributed by atoms with Crippen LogP contribution in [0.15, 0.2) is 22.7 Å². The van der Waals surface area contributed by atoms with Crippen molar-refractivity contribution >= 4 is 25.8 Å². The quantitative estimate of drug-likeness (QED) is 0.884. The second-order valence-electron chi connectivity index (χ2n) is 4.87. The van der Waals surface area contributed by atoms with Crippen molar-refractivity contribution in [3.05, 3.63) is 28.2 Å². The second kappa shape index (κ2) is 6.24. The predicted octanol–water partition coefficient (Wildman–Crippen LogP) is 1.98. The van der Waals surface area contributed by atoms with Gasteiger partial charge >= 0.3 is 0 Å². The monoisotopic (exact) mass is 347 g/mol. The highest BCUT2D eigenvalue weighted by molar-refractivity contribution is 9.10. The van der Waals surface area contributed by atoms with E-state index in [-0.39, 0.29) is 5.92 Å². The minimum atomic E-state index is -2.77. The normalized spacial score (nSPS) is 21.5. The fourth-order valence-electron chi connectivity index (χ4n) is 2.27. The standard InChI is InChI=1S/C13H18BrNO3S/c1-18-13-3-2-10(6-12(13)14)7-15-8-11-4-5-19(16,17)9-11/h2-3,6,11,15H,4-5,7-9H2,1H3. The minimum Gasteiger partial charge on any atom is -0.496 e. The van der Waals surface area contributed by atoms with E-state index >= 15 is 0 Å². The molecule has 1 aromatic carbocycles. The van der Waals surface area contributed by atoms with E-state index in [1.807, 2.05) is 18.2 Å². The molecular weight excluding hydrogens is 330 g/mol. The predicted molar refractivity (Wildman–Crippen MR) is 79.2 cm³/mol. The Kier molecular flexibility index (Phi) is 4.86. The molecule has 0 bridgehead atoms. The van der Waals surface area contributed by atoms with Gasteiger partial charge in [-0.1, -0.05) is 6.07 Å². The summed E-state index contributed by atoms with van der Waals surface area (Å²) in [6.45, 7) is 1.49. The SMILES string of the molecule is COc1ccc(CNCC2CCS(=O)(=O)C2)cc1Br. The summed E-state index contributed by atoms with van der Waals surface area (Å²) in [5, 5.41) is 3.32. The molecule has 0 radical (unpaired) electrons. The Labute approximate surface area is 122 Å². The van der Waals surface area contributed by atoms with Crippen LogP contribution >= 0.6 is 15.9 Å². The molecule has 0 aliphatic carbocycles. The first-order valence-corrected chi connectivity index (χ1v) is 8.85. The summed E-state index contributed by atoms with van der Waals surface area (Å²) in [7, 11) is -1.13. The Morgan fingerprint density at radius 3 is 2.84 bits per heavy atom. The van der Waals surface area contributed by atoms with Crippen molar-refractivity contribution < 1.29 is 13.2 Å². The molecule has 0 aromatic heterocycles. The van der Waals surface area contributed by atoms with Crippen LogP contribution in [-0.2, 0) is 16.4 Å². The van der Waals surface area contributed by atoms with Crippen LogP contribution in [0.4, 0.5) is 0 Å². The molecule has 0 spiro atoms. The fourth-order valence-corrected chi connectivity index (χ4v) is 4.72. The molecule has 1 atom stereocenters. The molecule has 0 saturated carbocycles. The van der Waals surface area contributed by atoms with Crippen molar-refractivity contribution in [2.45, 2.75) is 13.0 Å². The molecule has 4 nitrogen and oxygen atoms in total. The number of nitrogens with one attached hydrogen (secondary N) is 1. The van der Waals surface area contributed by atoms with E-state index in [4.69, 9.17) is 4.74 Å². The number of hydrogen-bond donors (Lipinski definition) is 1. The molecule has 1 fully saturated rings. The molecule has 6 heteroatoms. The number of hydrogen-bond acceptors (Lipinski definition) is 4. The summed E-state index contributed by atoms with van der Waals surface area (Å²) in [6, 6.07) is 5.93. The summed E-state index contributed by atoms with van der Waals surface area (Å²) in [4.78, 5) is 0. The first kappa shape index (κ1) is 14.8. The zero-order valence-corrected chi connectivity index (χ0v) is 13.3. The van der Waals surface area contributed by atoms with E-state index in [0.717, 1.165) is 35.3 Å². The lowest BCUT2D eigenvalue weighted by atomic mass is 10.1. The maximum absolute atomic E-state index is 11.3. The Bertz CT molecular complexity index is 545. The molecule has 1 saturated heterocycles. The first-order chi connectivity index (χ1) is 9.00. The van der Waals surface area contributed by atoms with Gasteiger partial charge in [-0.05, 0) is 52.5 Å². The third kappa shape index (κ3) is 4.19. The molecule has 1 heterocycles. The smallest absolute Gasteiger partial charge is 0.150 e. The van der Waals surface area contributed by atoms with Gasteiger partial charge in [-0.2, -0.15) is 0 Å². The van der Waals surface area contributed by atoms with Crippen LogP contribution in [0.5, 0.6) is 5.75 Å². The molecule has 19 heavy (non-hydrogen) atoms. The van der Waals surface area contributed by atoms with Crippen LogP contribution in [-0.4, -0.2) is 33.6 Å². The van der Waals surface area contributed by atoms with Crippen LogP contribution in [0.1, 0.15) is 12.0 Å². The number of sulfone groups is 1. The fraction of sp³-hybridized carbons (Fsp3) is 0.538. The average Bonchev–Trinajstić information content (AvgIpc) is 2.69. The maximum Gasteiger partial charge on any atom is 0.150 e. The summed E-state index contributed by atoms with van der Waals surface area (Å²) in [5.41, 5.74) is 1.15. The van der Waals surface area contributed by atoms with Gasteiger partial charge in [0.15, 0.2) is 9.84 Å².